The number of halogens is 3. The van der Waals surface area contributed by atoms with E-state index in [1.165, 1.54) is 31.2 Å². The van der Waals surface area contributed by atoms with Gasteiger partial charge in [0, 0.05) is 6.42 Å². The fourth-order valence-electron chi connectivity index (χ4n) is 2.88. The Balaban J connectivity index is 1.64. The van der Waals surface area contributed by atoms with Crippen LogP contribution in [-0.2, 0) is 6.42 Å². The highest BCUT2D eigenvalue weighted by molar-refractivity contribution is 6.37. The van der Waals surface area contributed by atoms with Gasteiger partial charge in [0.05, 0.1) is 27.6 Å². The van der Waals surface area contributed by atoms with Gasteiger partial charge in [0.2, 0.25) is 0 Å². The number of aromatic hydroxyl groups is 1. The van der Waals surface area contributed by atoms with Crippen LogP contribution in [0.1, 0.15) is 17.0 Å². The highest BCUT2D eigenvalue weighted by Gasteiger charge is 2.16. The maximum Gasteiger partial charge on any atom is 0.349 e. The van der Waals surface area contributed by atoms with E-state index in [0.29, 0.717) is 5.56 Å². The third-order valence-corrected chi connectivity index (χ3v) is 5.08. The van der Waals surface area contributed by atoms with Crippen LogP contribution in [0, 0.1) is 12.7 Å². The average Bonchev–Trinajstić information content (AvgIpc) is 2.77. The SMILES string of the molecule is Cc1nn(-c2cc(Cl)c(Oc3ncc(O)c(Cc4ccc(F)cc4)n3)c(Cl)c2)c(=O)[nH]c1=O. The average molecular weight is 490 g/mol. The van der Waals surface area contributed by atoms with Crippen molar-refractivity contribution in [2.75, 3.05) is 0 Å². The Kier molecular flexibility index (Phi) is 6.12. The molecule has 0 saturated carbocycles. The lowest BCUT2D eigenvalue weighted by Gasteiger charge is -2.12. The van der Waals surface area contributed by atoms with E-state index in [4.69, 9.17) is 27.9 Å². The molecule has 2 heterocycles. The highest BCUT2D eigenvalue weighted by Crippen LogP contribution is 2.37. The Morgan fingerprint density at radius 2 is 1.82 bits per heavy atom. The number of ether oxygens (including phenoxy) is 1. The zero-order valence-corrected chi connectivity index (χ0v) is 18.4. The van der Waals surface area contributed by atoms with Crippen LogP contribution in [0.15, 0.2) is 52.2 Å². The summed E-state index contributed by atoms with van der Waals surface area (Å²) < 4.78 is 19.7. The van der Waals surface area contributed by atoms with Crippen LogP contribution < -0.4 is 16.0 Å². The zero-order chi connectivity index (χ0) is 23.7. The largest absolute Gasteiger partial charge is 0.504 e. The van der Waals surface area contributed by atoms with Crippen LogP contribution in [0.5, 0.6) is 17.5 Å². The van der Waals surface area contributed by atoms with E-state index in [9.17, 15) is 19.1 Å². The molecule has 4 aromatic rings. The lowest BCUT2D eigenvalue weighted by Crippen LogP contribution is -2.32. The molecular weight excluding hydrogens is 476 g/mol. The Hall–Kier alpha value is -3.76. The van der Waals surface area contributed by atoms with E-state index in [0.717, 1.165) is 10.9 Å². The van der Waals surface area contributed by atoms with Crippen molar-refractivity contribution in [3.05, 3.63) is 96.2 Å². The Morgan fingerprint density at radius 1 is 1.15 bits per heavy atom. The molecule has 0 radical (unpaired) electrons. The second-order valence-corrected chi connectivity index (χ2v) is 7.70. The fraction of sp³-hybridized carbons (Fsp3) is 0.0952. The molecule has 0 spiro atoms. The van der Waals surface area contributed by atoms with Crippen molar-refractivity contribution in [1.29, 1.82) is 0 Å². The summed E-state index contributed by atoms with van der Waals surface area (Å²) in [5.74, 6) is -0.537. The molecule has 0 fully saturated rings. The number of aromatic amines is 1. The van der Waals surface area contributed by atoms with Gasteiger partial charge in [0.15, 0.2) is 11.5 Å². The van der Waals surface area contributed by atoms with Crippen LogP contribution >= 0.6 is 23.2 Å². The number of hydrogen-bond donors (Lipinski definition) is 2. The topological polar surface area (TPSA) is 123 Å². The number of nitrogens with zero attached hydrogens (tertiary/aromatic N) is 4. The van der Waals surface area contributed by atoms with E-state index >= 15 is 0 Å². The quantitative estimate of drug-likeness (QED) is 0.439. The maximum absolute atomic E-state index is 13.1. The second-order valence-electron chi connectivity index (χ2n) is 6.88. The van der Waals surface area contributed by atoms with Gasteiger partial charge in [-0.15, -0.1) is 0 Å². The number of hydrogen-bond acceptors (Lipinski definition) is 7. The predicted molar refractivity (Wildman–Crippen MR) is 118 cm³/mol. The van der Waals surface area contributed by atoms with Crippen LogP contribution in [0.4, 0.5) is 4.39 Å². The summed E-state index contributed by atoms with van der Waals surface area (Å²) in [6.07, 6.45) is 1.36. The fourth-order valence-corrected chi connectivity index (χ4v) is 3.43. The van der Waals surface area contributed by atoms with Gasteiger partial charge in [-0.2, -0.15) is 19.7 Å². The molecular formula is C21H14Cl2FN5O4. The minimum absolute atomic E-state index is 0.00898. The first kappa shape index (κ1) is 22.4. The standard InChI is InChI=1S/C21H14Cl2FN5O4/c1-10-19(31)27-21(32)29(28-10)13-7-14(22)18(15(23)8-13)33-20-25-9-17(30)16(26-20)6-11-2-4-12(24)5-3-11/h2-5,7-9,30H,6H2,1H3,(H,27,31,32). The molecule has 0 saturated heterocycles. The number of rotatable bonds is 5. The minimum Gasteiger partial charge on any atom is -0.504 e. The van der Waals surface area contributed by atoms with Crippen LogP contribution in [0.25, 0.3) is 5.69 Å². The third-order valence-electron chi connectivity index (χ3n) is 4.52. The molecule has 0 aliphatic heterocycles. The summed E-state index contributed by atoms with van der Waals surface area (Å²) in [5, 5.41) is 14.1. The molecule has 9 nitrogen and oxygen atoms in total. The first-order chi connectivity index (χ1) is 15.7. The van der Waals surface area contributed by atoms with Crippen molar-refractivity contribution in [2.45, 2.75) is 13.3 Å². The molecule has 2 aromatic carbocycles. The van der Waals surface area contributed by atoms with Gasteiger partial charge in [-0.3, -0.25) is 9.78 Å². The lowest BCUT2D eigenvalue weighted by atomic mass is 10.1. The van der Waals surface area contributed by atoms with Crippen LogP contribution in [-0.4, -0.2) is 29.8 Å². The Morgan fingerprint density at radius 3 is 2.48 bits per heavy atom. The third kappa shape index (κ3) is 4.86. The first-order valence-electron chi connectivity index (χ1n) is 9.38. The molecule has 0 bridgehead atoms. The number of nitrogens with one attached hydrogen (secondary N) is 1. The molecule has 0 aliphatic rings. The highest BCUT2D eigenvalue weighted by atomic mass is 35.5. The summed E-state index contributed by atoms with van der Waals surface area (Å²) >= 11 is 12.6. The van der Waals surface area contributed by atoms with Gasteiger partial charge < -0.3 is 9.84 Å². The molecule has 4 rings (SSSR count). The summed E-state index contributed by atoms with van der Waals surface area (Å²) in [4.78, 5) is 33.9. The molecule has 2 aromatic heterocycles. The van der Waals surface area contributed by atoms with E-state index in [2.05, 4.69) is 20.1 Å². The number of aromatic nitrogens is 5. The van der Waals surface area contributed by atoms with Crippen molar-refractivity contribution < 1.29 is 14.2 Å². The summed E-state index contributed by atoms with van der Waals surface area (Å²) in [6, 6.07) is 8.34. The summed E-state index contributed by atoms with van der Waals surface area (Å²) in [5.41, 5.74) is -0.132. The maximum atomic E-state index is 13.1. The van der Waals surface area contributed by atoms with Crippen molar-refractivity contribution >= 4 is 23.2 Å². The minimum atomic E-state index is -0.765. The van der Waals surface area contributed by atoms with Gasteiger partial charge >= 0.3 is 11.7 Å². The number of aryl methyl sites for hydroxylation is 1. The van der Waals surface area contributed by atoms with Gasteiger partial charge in [-0.25, -0.2) is 9.18 Å². The van der Waals surface area contributed by atoms with E-state index < -0.39 is 11.2 Å². The first-order valence-corrected chi connectivity index (χ1v) is 10.1. The molecule has 0 unspecified atom stereocenters. The summed E-state index contributed by atoms with van der Waals surface area (Å²) in [7, 11) is 0. The number of benzene rings is 2. The molecule has 2 N–H and O–H groups in total. The zero-order valence-electron chi connectivity index (χ0n) is 16.8. The molecule has 168 valence electrons. The lowest BCUT2D eigenvalue weighted by molar-refractivity contribution is 0.421. The monoisotopic (exact) mass is 489 g/mol. The molecule has 0 aliphatic carbocycles. The Labute approximate surface area is 195 Å². The molecule has 0 atom stereocenters. The van der Waals surface area contributed by atoms with Gasteiger partial charge in [0.1, 0.15) is 11.5 Å². The van der Waals surface area contributed by atoms with Gasteiger partial charge in [-0.1, -0.05) is 35.3 Å². The second kappa shape index (κ2) is 9.00. The summed E-state index contributed by atoms with van der Waals surface area (Å²) in [6.45, 7) is 1.45. The Bertz CT molecular complexity index is 1450. The number of H-pyrrole nitrogens is 1. The molecule has 0 amide bonds. The molecule has 33 heavy (non-hydrogen) atoms. The van der Waals surface area contributed by atoms with Crippen LogP contribution in [0.3, 0.4) is 0 Å². The van der Waals surface area contributed by atoms with Crippen molar-refractivity contribution in [2.24, 2.45) is 0 Å². The van der Waals surface area contributed by atoms with E-state index in [1.54, 1.807) is 12.1 Å². The van der Waals surface area contributed by atoms with Crippen molar-refractivity contribution in [3.63, 3.8) is 0 Å². The van der Waals surface area contributed by atoms with Gasteiger partial charge in [-0.05, 0) is 36.8 Å². The van der Waals surface area contributed by atoms with Gasteiger partial charge in [0.25, 0.3) is 5.56 Å². The predicted octanol–water partition coefficient (Wildman–Crippen LogP) is 3.55. The smallest absolute Gasteiger partial charge is 0.349 e. The van der Waals surface area contributed by atoms with E-state index in [-0.39, 0.29) is 56.9 Å². The van der Waals surface area contributed by atoms with E-state index in [1.807, 2.05) is 0 Å². The van der Waals surface area contributed by atoms with Crippen molar-refractivity contribution in [3.8, 4) is 23.2 Å². The molecule has 12 heteroatoms. The van der Waals surface area contributed by atoms with Crippen molar-refractivity contribution in [1.82, 2.24) is 24.7 Å². The van der Waals surface area contributed by atoms with Crippen LogP contribution in [0.2, 0.25) is 10.0 Å². The normalized spacial score (nSPS) is 10.9.